The highest BCUT2D eigenvalue weighted by Gasteiger charge is 2.25. The lowest BCUT2D eigenvalue weighted by Crippen LogP contribution is -2.33. The van der Waals surface area contributed by atoms with Gasteiger partial charge in [-0.15, -0.1) is 0 Å². The van der Waals surface area contributed by atoms with Crippen LogP contribution in [0.25, 0.3) is 0 Å². The molecule has 2 rings (SSSR count). The molecule has 1 aromatic rings. The van der Waals surface area contributed by atoms with Gasteiger partial charge in [-0.3, -0.25) is 4.79 Å². The molecule has 1 aliphatic rings. The third-order valence-corrected chi connectivity index (χ3v) is 2.71. The van der Waals surface area contributed by atoms with Gasteiger partial charge in [-0.1, -0.05) is 0 Å². The smallest absolute Gasteiger partial charge is 0.223 e. The first-order chi connectivity index (χ1) is 6.81. The maximum absolute atomic E-state index is 11.6. The first-order valence-electron chi connectivity index (χ1n) is 5.10. The van der Waals surface area contributed by atoms with Gasteiger partial charge in [0, 0.05) is 24.6 Å². The Morgan fingerprint density at radius 1 is 1.79 bits per heavy atom. The van der Waals surface area contributed by atoms with E-state index in [1.165, 1.54) is 0 Å². The number of carbonyl (C=O) groups excluding carboxylic acids is 1. The van der Waals surface area contributed by atoms with Crippen LogP contribution in [0.5, 0.6) is 0 Å². The normalized spacial score (nSPS) is 20.2. The highest BCUT2D eigenvalue weighted by molar-refractivity contribution is 5.79. The highest BCUT2D eigenvalue weighted by Crippen LogP contribution is 2.22. The number of hydrogen-bond acceptors (Lipinski definition) is 2. The van der Waals surface area contributed by atoms with E-state index in [0.717, 1.165) is 30.7 Å². The third-order valence-electron chi connectivity index (χ3n) is 2.71. The topological polar surface area (TPSA) is 57.8 Å². The van der Waals surface area contributed by atoms with E-state index in [2.05, 4.69) is 15.3 Å². The van der Waals surface area contributed by atoms with Crippen LogP contribution in [0.1, 0.15) is 24.7 Å². The van der Waals surface area contributed by atoms with Gasteiger partial charge in [0.15, 0.2) is 0 Å². The minimum Gasteiger partial charge on any atom is -0.356 e. The van der Waals surface area contributed by atoms with Crippen molar-refractivity contribution in [3.8, 4) is 0 Å². The molecule has 0 bridgehead atoms. The fourth-order valence-electron chi connectivity index (χ4n) is 1.94. The summed E-state index contributed by atoms with van der Waals surface area (Å²) in [4.78, 5) is 18.9. The van der Waals surface area contributed by atoms with Crippen LogP contribution in [-0.2, 0) is 17.6 Å². The molecule has 0 aromatic carbocycles. The molecule has 76 valence electrons. The van der Waals surface area contributed by atoms with E-state index in [4.69, 9.17) is 0 Å². The van der Waals surface area contributed by atoms with E-state index in [0.29, 0.717) is 6.54 Å². The maximum Gasteiger partial charge on any atom is 0.223 e. The van der Waals surface area contributed by atoms with Crippen LogP contribution >= 0.6 is 0 Å². The quantitative estimate of drug-likeness (QED) is 0.724. The van der Waals surface area contributed by atoms with Gasteiger partial charge in [0.2, 0.25) is 5.91 Å². The van der Waals surface area contributed by atoms with Crippen LogP contribution in [0.3, 0.4) is 0 Å². The summed E-state index contributed by atoms with van der Waals surface area (Å²) in [6, 6.07) is 0. The lowest BCUT2D eigenvalue weighted by Gasteiger charge is -2.20. The molecule has 4 nitrogen and oxygen atoms in total. The van der Waals surface area contributed by atoms with Crippen molar-refractivity contribution in [1.29, 1.82) is 0 Å². The molecule has 4 heteroatoms. The fraction of sp³-hybridized carbons (Fsp3) is 0.600. The van der Waals surface area contributed by atoms with Crippen molar-refractivity contribution in [2.24, 2.45) is 5.92 Å². The Kier molecular flexibility index (Phi) is 2.52. The Morgan fingerprint density at radius 2 is 2.64 bits per heavy atom. The number of amides is 1. The van der Waals surface area contributed by atoms with Crippen LogP contribution in [-0.4, -0.2) is 22.4 Å². The van der Waals surface area contributed by atoms with E-state index in [-0.39, 0.29) is 11.8 Å². The number of aromatic nitrogens is 2. The largest absolute Gasteiger partial charge is 0.356 e. The fourth-order valence-corrected chi connectivity index (χ4v) is 1.94. The minimum atomic E-state index is 0.128. The number of imidazole rings is 1. The molecule has 2 N–H and O–H groups in total. The Morgan fingerprint density at radius 3 is 3.43 bits per heavy atom. The molecule has 1 amide bonds. The molecular formula is C10H15N3O. The molecule has 1 unspecified atom stereocenters. The van der Waals surface area contributed by atoms with E-state index in [1.807, 2.05) is 6.92 Å². The second-order valence-electron chi connectivity index (χ2n) is 3.66. The second-order valence-corrected chi connectivity index (χ2v) is 3.66. The molecule has 1 atom stereocenters. The standard InChI is InChI=1S/C10H15N3O/c1-2-11-10(14)7-3-4-8-9(5-7)13-6-12-8/h6-7H,2-5H2,1H3,(H,11,14)(H,12,13). The Bertz CT molecular complexity index is 332. The van der Waals surface area contributed by atoms with Crippen LogP contribution in [0.2, 0.25) is 0 Å². The van der Waals surface area contributed by atoms with E-state index < -0.39 is 0 Å². The summed E-state index contributed by atoms with van der Waals surface area (Å²) in [5.41, 5.74) is 2.26. The molecule has 1 heterocycles. The van der Waals surface area contributed by atoms with Gasteiger partial charge in [-0.2, -0.15) is 0 Å². The average molecular weight is 193 g/mol. The highest BCUT2D eigenvalue weighted by atomic mass is 16.1. The number of aryl methyl sites for hydroxylation is 1. The molecule has 0 saturated carbocycles. The monoisotopic (exact) mass is 193 g/mol. The number of nitrogens with zero attached hydrogens (tertiary/aromatic N) is 1. The van der Waals surface area contributed by atoms with Crippen molar-refractivity contribution < 1.29 is 4.79 Å². The zero-order chi connectivity index (χ0) is 9.97. The second kappa shape index (κ2) is 3.82. The minimum absolute atomic E-state index is 0.128. The van der Waals surface area contributed by atoms with Gasteiger partial charge in [-0.25, -0.2) is 4.98 Å². The van der Waals surface area contributed by atoms with Crippen molar-refractivity contribution in [1.82, 2.24) is 15.3 Å². The molecule has 0 radical (unpaired) electrons. The summed E-state index contributed by atoms with van der Waals surface area (Å²) in [6.07, 6.45) is 4.36. The number of fused-ring (bicyclic) bond motifs is 1. The predicted molar refractivity (Wildman–Crippen MR) is 52.8 cm³/mol. The number of carbonyl (C=O) groups is 1. The van der Waals surface area contributed by atoms with Crippen molar-refractivity contribution in [2.75, 3.05) is 6.54 Å². The van der Waals surface area contributed by atoms with E-state index >= 15 is 0 Å². The molecule has 0 fully saturated rings. The molecule has 0 aliphatic heterocycles. The van der Waals surface area contributed by atoms with Gasteiger partial charge in [0.25, 0.3) is 0 Å². The summed E-state index contributed by atoms with van der Waals surface area (Å²) >= 11 is 0. The number of rotatable bonds is 2. The third kappa shape index (κ3) is 1.64. The molecule has 0 spiro atoms. The van der Waals surface area contributed by atoms with E-state index in [9.17, 15) is 4.79 Å². The summed E-state index contributed by atoms with van der Waals surface area (Å²) < 4.78 is 0. The van der Waals surface area contributed by atoms with Crippen molar-refractivity contribution in [3.05, 3.63) is 17.7 Å². The van der Waals surface area contributed by atoms with Crippen LogP contribution in [0.4, 0.5) is 0 Å². The van der Waals surface area contributed by atoms with Crippen molar-refractivity contribution in [3.63, 3.8) is 0 Å². The SMILES string of the molecule is CCNC(=O)C1CCc2nc[nH]c2C1. The predicted octanol–water partition coefficient (Wildman–Crippen LogP) is 0.651. The summed E-state index contributed by atoms with van der Waals surface area (Å²) in [6.45, 7) is 2.66. The zero-order valence-electron chi connectivity index (χ0n) is 8.34. The number of nitrogens with one attached hydrogen (secondary N) is 2. The van der Waals surface area contributed by atoms with Gasteiger partial charge in [-0.05, 0) is 19.8 Å². The molecular weight excluding hydrogens is 178 g/mol. The number of hydrogen-bond donors (Lipinski definition) is 2. The lowest BCUT2D eigenvalue weighted by atomic mass is 9.89. The molecule has 14 heavy (non-hydrogen) atoms. The zero-order valence-corrected chi connectivity index (χ0v) is 8.34. The van der Waals surface area contributed by atoms with Gasteiger partial charge < -0.3 is 10.3 Å². The Balaban J connectivity index is 2.04. The number of H-pyrrole nitrogens is 1. The van der Waals surface area contributed by atoms with Crippen LogP contribution < -0.4 is 5.32 Å². The van der Waals surface area contributed by atoms with Gasteiger partial charge in [0.05, 0.1) is 12.0 Å². The van der Waals surface area contributed by atoms with Crippen LogP contribution in [0.15, 0.2) is 6.33 Å². The van der Waals surface area contributed by atoms with Crippen molar-refractivity contribution in [2.45, 2.75) is 26.2 Å². The van der Waals surface area contributed by atoms with Crippen molar-refractivity contribution >= 4 is 5.91 Å². The maximum atomic E-state index is 11.6. The van der Waals surface area contributed by atoms with Crippen LogP contribution in [0, 0.1) is 5.92 Å². The summed E-state index contributed by atoms with van der Waals surface area (Å²) in [5.74, 6) is 0.302. The van der Waals surface area contributed by atoms with Gasteiger partial charge >= 0.3 is 0 Å². The first kappa shape index (κ1) is 9.24. The summed E-state index contributed by atoms with van der Waals surface area (Å²) in [7, 11) is 0. The first-order valence-corrected chi connectivity index (χ1v) is 5.10. The molecule has 1 aromatic heterocycles. The van der Waals surface area contributed by atoms with E-state index in [1.54, 1.807) is 6.33 Å². The molecule has 1 aliphatic carbocycles. The van der Waals surface area contributed by atoms with Gasteiger partial charge in [0.1, 0.15) is 0 Å². The Hall–Kier alpha value is -1.32. The Labute approximate surface area is 83.1 Å². The lowest BCUT2D eigenvalue weighted by molar-refractivity contribution is -0.125. The number of aromatic amines is 1. The summed E-state index contributed by atoms with van der Waals surface area (Å²) in [5, 5.41) is 2.86. The average Bonchev–Trinajstić information content (AvgIpc) is 2.64. The molecule has 0 saturated heterocycles.